The first kappa shape index (κ1) is 12.2. The molecule has 0 saturated carbocycles. The zero-order chi connectivity index (χ0) is 13.1. The number of allylic oxidation sites excluding steroid dienone is 9. The van der Waals surface area contributed by atoms with E-state index in [1.165, 1.54) is 0 Å². The number of carbonyl (C=O) groups is 2. The van der Waals surface area contributed by atoms with Crippen LogP contribution in [-0.2, 0) is 14.4 Å². The molecule has 3 nitrogen and oxygen atoms in total. The van der Waals surface area contributed by atoms with Gasteiger partial charge < -0.3 is 0 Å². The van der Waals surface area contributed by atoms with Gasteiger partial charge in [-0.1, -0.05) is 18.2 Å². The molecule has 0 amide bonds. The summed E-state index contributed by atoms with van der Waals surface area (Å²) in [4.78, 5) is 34.1. The summed E-state index contributed by atoms with van der Waals surface area (Å²) >= 11 is 0. The molecular weight excluding hydrogens is 228 g/mol. The lowest BCUT2D eigenvalue weighted by Crippen LogP contribution is -2.11. The highest BCUT2D eigenvalue weighted by Crippen LogP contribution is 2.21. The van der Waals surface area contributed by atoms with E-state index in [1.54, 1.807) is 43.2 Å². The summed E-state index contributed by atoms with van der Waals surface area (Å²) in [5, 5.41) is 0. The van der Waals surface area contributed by atoms with Gasteiger partial charge in [0, 0.05) is 29.6 Å². The smallest absolute Gasteiger partial charge is 0.192 e. The molecule has 0 bridgehead atoms. The molecule has 18 heavy (non-hydrogen) atoms. The molecule has 0 heterocycles. The second kappa shape index (κ2) is 4.94. The average molecular weight is 240 g/mol. The predicted octanol–water partition coefficient (Wildman–Crippen LogP) is 2.05. The lowest BCUT2D eigenvalue weighted by Gasteiger charge is -2.11. The van der Waals surface area contributed by atoms with Gasteiger partial charge in [0.1, 0.15) is 5.94 Å². The summed E-state index contributed by atoms with van der Waals surface area (Å²) < 4.78 is 0. The molecule has 90 valence electrons. The van der Waals surface area contributed by atoms with Crippen molar-refractivity contribution in [1.82, 2.24) is 0 Å². The summed E-state index contributed by atoms with van der Waals surface area (Å²) in [5.74, 6) is 1.68. The number of rotatable bonds is 2. The van der Waals surface area contributed by atoms with Gasteiger partial charge in [-0.15, -0.1) is 0 Å². The minimum Gasteiger partial charge on any atom is -0.294 e. The normalized spacial score (nSPS) is 18.8. The molecule has 0 aromatic rings. The quantitative estimate of drug-likeness (QED) is 0.694. The van der Waals surface area contributed by atoms with Gasteiger partial charge in [0.25, 0.3) is 0 Å². The highest BCUT2D eigenvalue weighted by Gasteiger charge is 2.18. The van der Waals surface area contributed by atoms with E-state index in [4.69, 9.17) is 0 Å². The van der Waals surface area contributed by atoms with Gasteiger partial charge in [-0.05, 0) is 24.6 Å². The third-order valence-electron chi connectivity index (χ3n) is 2.94. The topological polar surface area (TPSA) is 51.2 Å². The van der Waals surface area contributed by atoms with Gasteiger partial charge in [-0.25, -0.2) is 4.79 Å². The average Bonchev–Trinajstić information content (AvgIpc) is 2.41. The number of Topliss-reactive ketones (excluding diaryl/α,β-unsaturated/α-hetero) is 2. The molecule has 0 aromatic heterocycles. The number of ketones is 2. The van der Waals surface area contributed by atoms with Gasteiger partial charge in [-0.2, -0.15) is 0 Å². The van der Waals surface area contributed by atoms with E-state index in [-0.39, 0.29) is 18.0 Å². The zero-order valence-electron chi connectivity index (χ0n) is 10.0. The first-order valence-corrected chi connectivity index (χ1v) is 5.70. The SMILES string of the molecule is CC1=CC(C(=O)C2=CC(=C=O)CC=C2)=CCC1=O. The van der Waals surface area contributed by atoms with Gasteiger partial charge in [-0.3, -0.25) is 9.59 Å². The molecule has 0 spiro atoms. The van der Waals surface area contributed by atoms with Crippen molar-refractivity contribution in [3.05, 3.63) is 52.7 Å². The van der Waals surface area contributed by atoms with Crippen molar-refractivity contribution in [2.45, 2.75) is 19.8 Å². The molecule has 2 aliphatic carbocycles. The fourth-order valence-corrected chi connectivity index (χ4v) is 1.88. The Kier molecular flexibility index (Phi) is 3.35. The molecule has 0 saturated heterocycles. The van der Waals surface area contributed by atoms with Crippen molar-refractivity contribution in [3.8, 4) is 0 Å². The monoisotopic (exact) mass is 240 g/mol. The number of hydrogen-bond acceptors (Lipinski definition) is 3. The Morgan fingerprint density at radius 1 is 1.22 bits per heavy atom. The van der Waals surface area contributed by atoms with Gasteiger partial charge in [0.15, 0.2) is 11.6 Å². The molecule has 0 aliphatic heterocycles. The number of hydrogen-bond donors (Lipinski definition) is 0. The van der Waals surface area contributed by atoms with Crippen LogP contribution in [0.3, 0.4) is 0 Å². The Hall–Kier alpha value is -2.25. The van der Waals surface area contributed by atoms with Gasteiger partial charge >= 0.3 is 0 Å². The van der Waals surface area contributed by atoms with Crippen molar-refractivity contribution in [1.29, 1.82) is 0 Å². The fraction of sp³-hybridized carbons (Fsp3) is 0.200. The molecular formula is C15H12O3. The maximum absolute atomic E-state index is 12.2. The molecule has 0 atom stereocenters. The maximum atomic E-state index is 12.2. The second-order valence-corrected chi connectivity index (χ2v) is 4.28. The van der Waals surface area contributed by atoms with Crippen LogP contribution in [-0.4, -0.2) is 17.5 Å². The van der Waals surface area contributed by atoms with Crippen LogP contribution < -0.4 is 0 Å². The van der Waals surface area contributed by atoms with Crippen LogP contribution in [0, 0.1) is 0 Å². The van der Waals surface area contributed by atoms with Crippen LogP contribution in [0.5, 0.6) is 0 Å². The molecule has 0 aromatic carbocycles. The van der Waals surface area contributed by atoms with Crippen molar-refractivity contribution >= 4 is 17.5 Å². The fourth-order valence-electron chi connectivity index (χ4n) is 1.88. The van der Waals surface area contributed by atoms with E-state index in [1.807, 2.05) is 0 Å². The lowest BCUT2D eigenvalue weighted by molar-refractivity contribution is -0.114. The molecule has 0 radical (unpaired) electrons. The first-order chi connectivity index (χ1) is 8.61. The Morgan fingerprint density at radius 3 is 2.67 bits per heavy atom. The van der Waals surface area contributed by atoms with Crippen LogP contribution in [0.1, 0.15) is 19.8 Å². The minimum absolute atomic E-state index is 0.0354. The molecule has 0 fully saturated rings. The van der Waals surface area contributed by atoms with E-state index in [0.29, 0.717) is 28.7 Å². The number of carbonyl (C=O) groups excluding carboxylic acids is 3. The maximum Gasteiger partial charge on any atom is 0.192 e. The second-order valence-electron chi connectivity index (χ2n) is 4.28. The molecule has 3 heteroatoms. The Balaban J connectivity index is 2.29. The largest absolute Gasteiger partial charge is 0.294 e. The van der Waals surface area contributed by atoms with Crippen LogP contribution >= 0.6 is 0 Å². The van der Waals surface area contributed by atoms with Crippen molar-refractivity contribution in [3.63, 3.8) is 0 Å². The third kappa shape index (κ3) is 2.36. The van der Waals surface area contributed by atoms with Gasteiger partial charge in [0.2, 0.25) is 0 Å². The van der Waals surface area contributed by atoms with Crippen LogP contribution in [0.4, 0.5) is 0 Å². The highest BCUT2D eigenvalue weighted by molar-refractivity contribution is 6.15. The van der Waals surface area contributed by atoms with Crippen molar-refractivity contribution in [2.75, 3.05) is 0 Å². The summed E-state index contributed by atoms with van der Waals surface area (Å²) in [6, 6.07) is 0. The zero-order valence-corrected chi connectivity index (χ0v) is 10.0. The van der Waals surface area contributed by atoms with E-state index < -0.39 is 0 Å². The van der Waals surface area contributed by atoms with Crippen LogP contribution in [0.25, 0.3) is 0 Å². The van der Waals surface area contributed by atoms with Crippen molar-refractivity contribution < 1.29 is 14.4 Å². The summed E-state index contributed by atoms with van der Waals surface area (Å²) in [7, 11) is 0. The van der Waals surface area contributed by atoms with E-state index in [9.17, 15) is 14.4 Å². The first-order valence-electron chi connectivity index (χ1n) is 5.70. The Bertz CT molecular complexity index is 591. The summed E-state index contributed by atoms with van der Waals surface area (Å²) in [6.07, 6.45) is 9.01. The standard InChI is InChI=1S/C15H12O3/c1-10-7-13(5-6-14(10)17)15(18)12-4-2-3-11(8-12)9-16/h2,4-5,7-8H,3,6H2,1H3. The summed E-state index contributed by atoms with van der Waals surface area (Å²) in [6.45, 7) is 1.70. The third-order valence-corrected chi connectivity index (χ3v) is 2.94. The van der Waals surface area contributed by atoms with Crippen LogP contribution in [0.2, 0.25) is 0 Å². The van der Waals surface area contributed by atoms with E-state index in [0.717, 1.165) is 0 Å². The van der Waals surface area contributed by atoms with Crippen molar-refractivity contribution in [2.24, 2.45) is 0 Å². The Morgan fingerprint density at radius 2 is 2.00 bits per heavy atom. The molecule has 0 unspecified atom stereocenters. The van der Waals surface area contributed by atoms with E-state index in [2.05, 4.69) is 0 Å². The van der Waals surface area contributed by atoms with Crippen LogP contribution in [0.15, 0.2) is 52.7 Å². The van der Waals surface area contributed by atoms with E-state index >= 15 is 0 Å². The molecule has 2 aliphatic rings. The Labute approximate surface area is 105 Å². The lowest BCUT2D eigenvalue weighted by atomic mass is 9.91. The molecule has 0 N–H and O–H groups in total. The predicted molar refractivity (Wildman–Crippen MR) is 67.5 cm³/mol. The highest BCUT2D eigenvalue weighted by atomic mass is 16.1. The molecule has 2 rings (SSSR count). The minimum atomic E-state index is -0.162. The van der Waals surface area contributed by atoms with Gasteiger partial charge in [0.05, 0.1) is 0 Å². The summed E-state index contributed by atoms with van der Waals surface area (Å²) in [5.41, 5.74) is 2.03.